The van der Waals surface area contributed by atoms with Crippen LogP contribution in [0.3, 0.4) is 0 Å². The molecule has 1 nitrogen and oxygen atoms in total. The highest BCUT2D eigenvalue weighted by Gasteiger charge is 1.97. The molecule has 0 saturated heterocycles. The van der Waals surface area contributed by atoms with Crippen LogP contribution in [-0.2, 0) is 6.54 Å². The lowest BCUT2D eigenvalue weighted by atomic mass is 10.1. The summed E-state index contributed by atoms with van der Waals surface area (Å²) in [6.45, 7) is 2.95. The van der Waals surface area contributed by atoms with Gasteiger partial charge in [-0.1, -0.05) is 41.9 Å². The van der Waals surface area contributed by atoms with Crippen molar-refractivity contribution in [3.8, 4) is 0 Å². The Labute approximate surface area is 101 Å². The summed E-state index contributed by atoms with van der Waals surface area (Å²) in [6, 6.07) is 16.1. The van der Waals surface area contributed by atoms with Gasteiger partial charge in [0.05, 0.1) is 0 Å². The maximum atomic E-state index is 5.92. The Morgan fingerprint density at radius 3 is 2.62 bits per heavy atom. The molecule has 0 radical (unpaired) electrons. The number of hydrogen-bond acceptors (Lipinski definition) is 1. The molecule has 0 amide bonds. The zero-order chi connectivity index (χ0) is 11.4. The summed E-state index contributed by atoms with van der Waals surface area (Å²) in [5.74, 6) is 0. The van der Waals surface area contributed by atoms with Crippen molar-refractivity contribution in [2.75, 3.05) is 5.32 Å². The van der Waals surface area contributed by atoms with E-state index in [4.69, 9.17) is 11.6 Å². The van der Waals surface area contributed by atoms with Crippen LogP contribution in [-0.4, -0.2) is 0 Å². The first-order valence-corrected chi connectivity index (χ1v) is 5.67. The summed E-state index contributed by atoms with van der Waals surface area (Å²) in [6.07, 6.45) is 0. The van der Waals surface area contributed by atoms with Crippen molar-refractivity contribution < 1.29 is 0 Å². The SMILES string of the molecule is Cc1ccccc1CNc1cccc(Cl)c1. The number of nitrogens with one attached hydrogen (secondary N) is 1. The monoisotopic (exact) mass is 231 g/mol. The zero-order valence-corrected chi connectivity index (χ0v) is 9.96. The van der Waals surface area contributed by atoms with E-state index in [-0.39, 0.29) is 0 Å². The molecule has 0 spiro atoms. The van der Waals surface area contributed by atoms with E-state index in [1.54, 1.807) is 0 Å². The van der Waals surface area contributed by atoms with E-state index in [1.165, 1.54) is 11.1 Å². The molecule has 0 aliphatic heterocycles. The highest BCUT2D eigenvalue weighted by molar-refractivity contribution is 6.30. The lowest BCUT2D eigenvalue weighted by molar-refractivity contribution is 1.12. The van der Waals surface area contributed by atoms with Crippen LogP contribution in [0.5, 0.6) is 0 Å². The largest absolute Gasteiger partial charge is 0.381 e. The van der Waals surface area contributed by atoms with Crippen LogP contribution in [0.25, 0.3) is 0 Å². The fraction of sp³-hybridized carbons (Fsp3) is 0.143. The van der Waals surface area contributed by atoms with Crippen molar-refractivity contribution in [2.24, 2.45) is 0 Å². The molecule has 2 aromatic rings. The number of benzene rings is 2. The highest BCUT2D eigenvalue weighted by Crippen LogP contribution is 2.16. The molecular weight excluding hydrogens is 218 g/mol. The molecule has 82 valence electrons. The predicted molar refractivity (Wildman–Crippen MR) is 70.0 cm³/mol. The van der Waals surface area contributed by atoms with Gasteiger partial charge in [0.25, 0.3) is 0 Å². The van der Waals surface area contributed by atoms with Crippen molar-refractivity contribution >= 4 is 17.3 Å². The Balaban J connectivity index is 2.05. The highest BCUT2D eigenvalue weighted by atomic mass is 35.5. The maximum absolute atomic E-state index is 5.92. The smallest absolute Gasteiger partial charge is 0.0426 e. The molecule has 2 rings (SSSR count). The maximum Gasteiger partial charge on any atom is 0.0426 e. The van der Waals surface area contributed by atoms with Gasteiger partial charge >= 0.3 is 0 Å². The molecule has 0 atom stereocenters. The molecule has 2 aromatic carbocycles. The Kier molecular flexibility index (Phi) is 3.47. The Morgan fingerprint density at radius 1 is 1.06 bits per heavy atom. The summed E-state index contributed by atoms with van der Waals surface area (Å²) in [5.41, 5.74) is 3.66. The van der Waals surface area contributed by atoms with E-state index in [1.807, 2.05) is 24.3 Å². The minimum absolute atomic E-state index is 0.759. The molecule has 0 heterocycles. The van der Waals surface area contributed by atoms with Crippen molar-refractivity contribution in [3.63, 3.8) is 0 Å². The second-order valence-corrected chi connectivity index (χ2v) is 4.23. The van der Waals surface area contributed by atoms with Gasteiger partial charge in [0, 0.05) is 17.3 Å². The van der Waals surface area contributed by atoms with Gasteiger partial charge in [-0.15, -0.1) is 0 Å². The molecule has 0 fully saturated rings. The van der Waals surface area contributed by atoms with Gasteiger partial charge in [-0.3, -0.25) is 0 Å². The molecule has 0 saturated carbocycles. The summed E-state index contributed by atoms with van der Waals surface area (Å²) < 4.78 is 0. The van der Waals surface area contributed by atoms with Gasteiger partial charge in [0.15, 0.2) is 0 Å². The summed E-state index contributed by atoms with van der Waals surface area (Å²) >= 11 is 5.92. The van der Waals surface area contributed by atoms with Crippen LogP contribution in [0.2, 0.25) is 5.02 Å². The Bertz CT molecular complexity index is 480. The Hall–Kier alpha value is -1.47. The van der Waals surface area contributed by atoms with Crippen LogP contribution in [0, 0.1) is 6.92 Å². The number of anilines is 1. The van der Waals surface area contributed by atoms with Crippen molar-refractivity contribution in [3.05, 3.63) is 64.7 Å². The van der Waals surface area contributed by atoms with Gasteiger partial charge in [-0.2, -0.15) is 0 Å². The lowest BCUT2D eigenvalue weighted by Gasteiger charge is -2.08. The van der Waals surface area contributed by atoms with Gasteiger partial charge in [-0.05, 0) is 36.2 Å². The van der Waals surface area contributed by atoms with Crippen LogP contribution in [0.4, 0.5) is 5.69 Å². The summed E-state index contributed by atoms with van der Waals surface area (Å²) in [4.78, 5) is 0. The third-order valence-corrected chi connectivity index (χ3v) is 2.80. The van der Waals surface area contributed by atoms with Crippen LogP contribution < -0.4 is 5.32 Å². The molecule has 0 bridgehead atoms. The molecular formula is C14H14ClN. The fourth-order valence-electron chi connectivity index (χ4n) is 1.60. The van der Waals surface area contributed by atoms with E-state index in [0.29, 0.717) is 0 Å². The molecule has 0 aromatic heterocycles. The van der Waals surface area contributed by atoms with Crippen molar-refractivity contribution in [2.45, 2.75) is 13.5 Å². The van der Waals surface area contributed by atoms with Crippen molar-refractivity contribution in [1.29, 1.82) is 0 Å². The van der Waals surface area contributed by atoms with Crippen LogP contribution in [0.1, 0.15) is 11.1 Å². The summed E-state index contributed by atoms with van der Waals surface area (Å²) in [7, 11) is 0. The average Bonchev–Trinajstić information content (AvgIpc) is 2.28. The first kappa shape index (κ1) is 11.0. The molecule has 2 heteroatoms. The van der Waals surface area contributed by atoms with E-state index < -0.39 is 0 Å². The van der Waals surface area contributed by atoms with Gasteiger partial charge in [0.2, 0.25) is 0 Å². The number of rotatable bonds is 3. The second kappa shape index (κ2) is 5.04. The number of aryl methyl sites for hydroxylation is 1. The van der Waals surface area contributed by atoms with E-state index in [2.05, 4.69) is 36.5 Å². The number of halogens is 1. The quantitative estimate of drug-likeness (QED) is 0.832. The standard InChI is InChI=1S/C14H14ClN/c1-11-5-2-3-6-12(11)10-16-14-8-4-7-13(15)9-14/h2-9,16H,10H2,1H3. The Morgan fingerprint density at radius 2 is 1.88 bits per heavy atom. The predicted octanol–water partition coefficient (Wildman–Crippen LogP) is 4.26. The van der Waals surface area contributed by atoms with Gasteiger partial charge < -0.3 is 5.32 Å². The zero-order valence-electron chi connectivity index (χ0n) is 9.20. The lowest BCUT2D eigenvalue weighted by Crippen LogP contribution is -2.00. The first-order chi connectivity index (χ1) is 7.75. The normalized spacial score (nSPS) is 10.1. The van der Waals surface area contributed by atoms with E-state index in [9.17, 15) is 0 Å². The average molecular weight is 232 g/mol. The van der Waals surface area contributed by atoms with Crippen molar-refractivity contribution in [1.82, 2.24) is 0 Å². The second-order valence-electron chi connectivity index (χ2n) is 3.79. The molecule has 0 aliphatic rings. The number of hydrogen-bond donors (Lipinski definition) is 1. The fourth-order valence-corrected chi connectivity index (χ4v) is 1.79. The van der Waals surface area contributed by atoms with Crippen LogP contribution in [0.15, 0.2) is 48.5 Å². The molecule has 0 aliphatic carbocycles. The summed E-state index contributed by atoms with van der Waals surface area (Å²) in [5, 5.41) is 4.12. The molecule has 1 N–H and O–H groups in total. The van der Waals surface area contributed by atoms with Gasteiger partial charge in [0.1, 0.15) is 0 Å². The minimum Gasteiger partial charge on any atom is -0.381 e. The molecule has 16 heavy (non-hydrogen) atoms. The van der Waals surface area contributed by atoms with E-state index >= 15 is 0 Å². The third-order valence-electron chi connectivity index (χ3n) is 2.57. The first-order valence-electron chi connectivity index (χ1n) is 5.29. The van der Waals surface area contributed by atoms with Gasteiger partial charge in [-0.25, -0.2) is 0 Å². The third kappa shape index (κ3) is 2.77. The van der Waals surface area contributed by atoms with E-state index in [0.717, 1.165) is 17.3 Å². The minimum atomic E-state index is 0.759. The van der Waals surface area contributed by atoms with Crippen LogP contribution >= 0.6 is 11.6 Å². The topological polar surface area (TPSA) is 12.0 Å². The molecule has 0 unspecified atom stereocenters.